The number of nitrogens with two attached hydrogens (primary N) is 1. The number of hydrogen-bond donors (Lipinski definition) is 2. The number of hydrogen-bond acceptors (Lipinski definition) is 5. The smallest absolute Gasteiger partial charge is 0.261 e. The number of nitrogens with zero attached hydrogens (tertiary/aromatic N) is 1. The van der Waals surface area contributed by atoms with E-state index in [1.54, 1.807) is 7.11 Å². The van der Waals surface area contributed by atoms with Crippen LogP contribution in [0.1, 0.15) is 10.4 Å². The van der Waals surface area contributed by atoms with Gasteiger partial charge in [-0.1, -0.05) is 6.07 Å². The lowest BCUT2D eigenvalue weighted by Crippen LogP contribution is -2.10. The van der Waals surface area contributed by atoms with Gasteiger partial charge in [-0.2, -0.15) is 0 Å². The molecule has 5 nitrogen and oxygen atoms in total. The van der Waals surface area contributed by atoms with Gasteiger partial charge >= 0.3 is 0 Å². The van der Waals surface area contributed by atoms with Gasteiger partial charge in [0.1, 0.15) is 10.6 Å². The number of aromatic amines is 1. The van der Waals surface area contributed by atoms with E-state index in [-0.39, 0.29) is 11.5 Å². The second-order valence-electron chi connectivity index (χ2n) is 4.85. The zero-order valence-corrected chi connectivity index (χ0v) is 12.8. The molecule has 0 bridgehead atoms. The molecule has 108 valence electrons. The number of anilines is 1. The summed E-state index contributed by atoms with van der Waals surface area (Å²) in [5, 5.41) is 0.594. The Hall–Kier alpha value is -2.34. The van der Waals surface area contributed by atoms with E-state index < -0.39 is 0 Å². The topological polar surface area (TPSA) is 81.0 Å². The molecule has 3 aromatic rings. The Kier molecular flexibility index (Phi) is 3.17. The fourth-order valence-electron chi connectivity index (χ4n) is 2.52. The summed E-state index contributed by atoms with van der Waals surface area (Å²) in [6.07, 6.45) is 0. The van der Waals surface area contributed by atoms with Crippen molar-refractivity contribution in [2.75, 3.05) is 12.8 Å². The van der Waals surface area contributed by atoms with E-state index >= 15 is 0 Å². The maximum atomic E-state index is 12.2. The standard InChI is InChI=1S/C15H15N3O2S/c1-7-6-9(4-5-10(7)20-3)11-8(2)21-14-12(11)13(19)17-15(16)18-14/h4-6H,1-3H3,(H3,16,17,18,19). The minimum atomic E-state index is -0.203. The highest BCUT2D eigenvalue weighted by atomic mass is 32.1. The average molecular weight is 301 g/mol. The summed E-state index contributed by atoms with van der Waals surface area (Å²) in [6.45, 7) is 3.96. The molecular weight excluding hydrogens is 286 g/mol. The lowest BCUT2D eigenvalue weighted by molar-refractivity contribution is 0.412. The molecule has 0 aliphatic carbocycles. The van der Waals surface area contributed by atoms with Crippen molar-refractivity contribution < 1.29 is 4.74 Å². The first kappa shape index (κ1) is 13.6. The van der Waals surface area contributed by atoms with Crippen molar-refractivity contribution in [1.29, 1.82) is 0 Å². The number of aromatic nitrogens is 2. The highest BCUT2D eigenvalue weighted by molar-refractivity contribution is 7.19. The SMILES string of the molecule is COc1ccc(-c2c(C)sc3nc(N)[nH]c(=O)c23)cc1C. The van der Waals surface area contributed by atoms with Crippen molar-refractivity contribution in [2.45, 2.75) is 13.8 Å². The van der Waals surface area contributed by atoms with Crippen molar-refractivity contribution in [3.8, 4) is 16.9 Å². The van der Waals surface area contributed by atoms with Crippen LogP contribution in [0.3, 0.4) is 0 Å². The summed E-state index contributed by atoms with van der Waals surface area (Å²) in [5.41, 5.74) is 8.32. The summed E-state index contributed by atoms with van der Waals surface area (Å²) in [7, 11) is 1.64. The lowest BCUT2D eigenvalue weighted by atomic mass is 10.0. The number of aryl methyl sites for hydroxylation is 2. The number of H-pyrrole nitrogens is 1. The zero-order valence-electron chi connectivity index (χ0n) is 12.0. The molecule has 0 aliphatic heterocycles. The number of fused-ring (bicyclic) bond motifs is 1. The second-order valence-corrected chi connectivity index (χ2v) is 6.05. The fraction of sp³-hybridized carbons (Fsp3) is 0.200. The molecule has 6 heteroatoms. The summed E-state index contributed by atoms with van der Waals surface area (Å²) in [5.74, 6) is 0.971. The third-order valence-electron chi connectivity index (χ3n) is 3.44. The number of thiophene rings is 1. The van der Waals surface area contributed by atoms with Crippen LogP contribution in [-0.4, -0.2) is 17.1 Å². The van der Waals surface area contributed by atoms with Crippen LogP contribution in [0.25, 0.3) is 21.3 Å². The van der Waals surface area contributed by atoms with Gasteiger partial charge in [-0.15, -0.1) is 11.3 Å². The van der Waals surface area contributed by atoms with Gasteiger partial charge in [0.05, 0.1) is 12.5 Å². The Morgan fingerprint density at radius 3 is 2.76 bits per heavy atom. The first-order valence-electron chi connectivity index (χ1n) is 6.45. The Morgan fingerprint density at radius 1 is 1.33 bits per heavy atom. The lowest BCUT2D eigenvalue weighted by Gasteiger charge is -2.07. The van der Waals surface area contributed by atoms with Crippen molar-refractivity contribution in [3.63, 3.8) is 0 Å². The van der Waals surface area contributed by atoms with Crippen molar-refractivity contribution in [3.05, 3.63) is 39.0 Å². The number of ether oxygens (including phenoxy) is 1. The van der Waals surface area contributed by atoms with Crippen LogP contribution in [0.2, 0.25) is 0 Å². The molecule has 0 amide bonds. The molecule has 0 saturated heterocycles. The molecule has 0 saturated carbocycles. The van der Waals surface area contributed by atoms with Crippen LogP contribution < -0.4 is 16.0 Å². The highest BCUT2D eigenvalue weighted by Gasteiger charge is 2.16. The van der Waals surface area contributed by atoms with Crippen LogP contribution in [0.5, 0.6) is 5.75 Å². The highest BCUT2D eigenvalue weighted by Crippen LogP contribution is 2.37. The Labute approximate surface area is 125 Å². The summed E-state index contributed by atoms with van der Waals surface area (Å²) in [6, 6.07) is 5.88. The summed E-state index contributed by atoms with van der Waals surface area (Å²) >= 11 is 1.48. The van der Waals surface area contributed by atoms with Gasteiger partial charge in [-0.3, -0.25) is 9.78 Å². The molecule has 21 heavy (non-hydrogen) atoms. The molecular formula is C15H15N3O2S. The molecule has 3 N–H and O–H groups in total. The van der Waals surface area contributed by atoms with Crippen LogP contribution in [0, 0.1) is 13.8 Å². The van der Waals surface area contributed by atoms with Gasteiger partial charge in [0.2, 0.25) is 5.95 Å². The Balaban J connectivity index is 2.32. The normalized spacial score (nSPS) is 11.0. The molecule has 2 heterocycles. The van der Waals surface area contributed by atoms with E-state index in [4.69, 9.17) is 10.5 Å². The van der Waals surface area contributed by atoms with Crippen LogP contribution in [0.15, 0.2) is 23.0 Å². The predicted molar refractivity (Wildman–Crippen MR) is 86.1 cm³/mol. The molecule has 0 aliphatic rings. The number of rotatable bonds is 2. The number of nitrogens with one attached hydrogen (secondary N) is 1. The maximum Gasteiger partial charge on any atom is 0.261 e. The summed E-state index contributed by atoms with van der Waals surface area (Å²) < 4.78 is 5.28. The molecule has 0 atom stereocenters. The molecule has 1 aromatic carbocycles. The van der Waals surface area contributed by atoms with E-state index in [1.165, 1.54) is 11.3 Å². The largest absolute Gasteiger partial charge is 0.496 e. The maximum absolute atomic E-state index is 12.2. The Bertz CT molecular complexity index is 896. The van der Waals surface area contributed by atoms with Crippen LogP contribution in [-0.2, 0) is 0 Å². The molecule has 2 aromatic heterocycles. The minimum Gasteiger partial charge on any atom is -0.496 e. The number of nitrogen functional groups attached to an aromatic ring is 1. The fourth-order valence-corrected chi connectivity index (χ4v) is 3.57. The number of benzene rings is 1. The van der Waals surface area contributed by atoms with E-state index in [2.05, 4.69) is 9.97 Å². The molecule has 0 unspecified atom stereocenters. The molecule has 0 fully saturated rings. The molecule has 0 spiro atoms. The van der Waals surface area contributed by atoms with Gasteiger partial charge < -0.3 is 10.5 Å². The van der Waals surface area contributed by atoms with Gasteiger partial charge in [-0.25, -0.2) is 4.98 Å². The monoisotopic (exact) mass is 301 g/mol. The van der Waals surface area contributed by atoms with Crippen molar-refractivity contribution in [1.82, 2.24) is 9.97 Å². The quantitative estimate of drug-likeness (QED) is 0.762. The number of methoxy groups -OCH3 is 1. The first-order valence-corrected chi connectivity index (χ1v) is 7.27. The Morgan fingerprint density at radius 2 is 2.10 bits per heavy atom. The van der Waals surface area contributed by atoms with Crippen LogP contribution >= 0.6 is 11.3 Å². The van der Waals surface area contributed by atoms with Gasteiger partial charge in [0.25, 0.3) is 5.56 Å². The van der Waals surface area contributed by atoms with Crippen molar-refractivity contribution in [2.24, 2.45) is 0 Å². The molecule has 3 rings (SSSR count). The predicted octanol–water partition coefficient (Wildman–Crippen LogP) is 2.86. The van der Waals surface area contributed by atoms with Gasteiger partial charge in [0, 0.05) is 10.4 Å². The van der Waals surface area contributed by atoms with Crippen molar-refractivity contribution >= 4 is 27.5 Å². The molecule has 0 radical (unpaired) electrons. The first-order chi connectivity index (χ1) is 10.0. The van der Waals surface area contributed by atoms with Gasteiger partial charge in [0.15, 0.2) is 0 Å². The van der Waals surface area contributed by atoms with E-state index in [9.17, 15) is 4.79 Å². The summed E-state index contributed by atoms with van der Waals surface area (Å²) in [4.78, 5) is 20.7. The zero-order chi connectivity index (χ0) is 15.1. The van der Waals surface area contributed by atoms with Crippen LogP contribution in [0.4, 0.5) is 5.95 Å². The third-order valence-corrected chi connectivity index (χ3v) is 4.44. The third kappa shape index (κ3) is 2.17. The minimum absolute atomic E-state index is 0.145. The van der Waals surface area contributed by atoms with E-state index in [0.717, 1.165) is 27.3 Å². The second kappa shape index (κ2) is 4.89. The van der Waals surface area contributed by atoms with E-state index in [1.807, 2.05) is 32.0 Å². The van der Waals surface area contributed by atoms with E-state index in [0.29, 0.717) is 10.2 Å². The van der Waals surface area contributed by atoms with Gasteiger partial charge in [-0.05, 0) is 37.1 Å². The average Bonchev–Trinajstić information content (AvgIpc) is 2.74.